The molecule has 0 spiro atoms. The molecule has 0 bridgehead atoms. The second kappa shape index (κ2) is 5.01. The van der Waals surface area contributed by atoms with Crippen molar-refractivity contribution < 1.29 is 0 Å². The van der Waals surface area contributed by atoms with Gasteiger partial charge in [0.1, 0.15) is 0 Å². The number of hydrogen-bond acceptors (Lipinski definition) is 4. The van der Waals surface area contributed by atoms with Crippen molar-refractivity contribution >= 4 is 5.69 Å². The smallest absolute Gasteiger partial charge is 0.0754 e. The predicted octanol–water partition coefficient (Wildman–Crippen LogP) is 1.28. The number of piperazine rings is 1. The summed E-state index contributed by atoms with van der Waals surface area (Å²) in [5, 5.41) is 7.66. The van der Waals surface area contributed by atoms with Gasteiger partial charge in [0.2, 0.25) is 0 Å². The van der Waals surface area contributed by atoms with Crippen LogP contribution in [0.2, 0.25) is 0 Å². The monoisotopic (exact) mass is 257 g/mol. The minimum atomic E-state index is 0.531. The normalized spacial score (nSPS) is 19.7. The van der Waals surface area contributed by atoms with Gasteiger partial charge in [-0.25, -0.2) is 0 Å². The molecule has 0 radical (unpaired) electrons. The Morgan fingerprint density at radius 1 is 1.42 bits per heavy atom. The molecule has 1 saturated heterocycles. The topological polar surface area (TPSA) is 46.0 Å². The van der Waals surface area contributed by atoms with E-state index >= 15 is 0 Å². The first kappa shape index (κ1) is 12.2. The minimum absolute atomic E-state index is 0.531. The zero-order valence-corrected chi connectivity index (χ0v) is 11.4. The van der Waals surface area contributed by atoms with Gasteiger partial charge >= 0.3 is 0 Å². The molecule has 2 aromatic rings. The first-order chi connectivity index (χ1) is 9.22. The Balaban J connectivity index is 1.87. The van der Waals surface area contributed by atoms with Crippen molar-refractivity contribution in [1.82, 2.24) is 20.1 Å². The van der Waals surface area contributed by atoms with E-state index in [-0.39, 0.29) is 0 Å². The summed E-state index contributed by atoms with van der Waals surface area (Å²) in [5.74, 6) is 0. The van der Waals surface area contributed by atoms with Gasteiger partial charge in [-0.3, -0.25) is 9.67 Å². The number of hydrogen-bond donors (Lipinski definition) is 1. The van der Waals surface area contributed by atoms with E-state index in [9.17, 15) is 0 Å². The maximum Gasteiger partial charge on any atom is 0.0754 e. The quantitative estimate of drug-likeness (QED) is 0.880. The average Bonchev–Trinajstić information content (AvgIpc) is 2.86. The number of anilines is 1. The van der Waals surface area contributed by atoms with Gasteiger partial charge in [0, 0.05) is 56.4 Å². The van der Waals surface area contributed by atoms with E-state index in [1.54, 1.807) is 4.68 Å². The third-order valence-electron chi connectivity index (χ3n) is 3.48. The third kappa shape index (κ3) is 2.61. The summed E-state index contributed by atoms with van der Waals surface area (Å²) in [6.07, 6.45) is 5.73. The van der Waals surface area contributed by atoms with Crippen LogP contribution in [0.15, 0.2) is 30.7 Å². The highest BCUT2D eigenvalue weighted by atomic mass is 15.2. The zero-order chi connectivity index (χ0) is 13.2. The first-order valence-corrected chi connectivity index (χ1v) is 6.66. The van der Waals surface area contributed by atoms with Crippen LogP contribution < -0.4 is 10.2 Å². The molecule has 1 fully saturated rings. The van der Waals surface area contributed by atoms with E-state index in [4.69, 9.17) is 0 Å². The Bertz CT molecular complexity index is 562. The van der Waals surface area contributed by atoms with Crippen LogP contribution in [0.5, 0.6) is 0 Å². The average molecular weight is 257 g/mol. The van der Waals surface area contributed by atoms with Crippen molar-refractivity contribution in [3.63, 3.8) is 0 Å². The molecular formula is C14H19N5. The minimum Gasteiger partial charge on any atom is -0.369 e. The van der Waals surface area contributed by atoms with Crippen LogP contribution in [0.4, 0.5) is 5.69 Å². The largest absolute Gasteiger partial charge is 0.369 e. The van der Waals surface area contributed by atoms with Crippen molar-refractivity contribution in [2.45, 2.75) is 13.0 Å². The van der Waals surface area contributed by atoms with Crippen LogP contribution >= 0.6 is 0 Å². The first-order valence-electron chi connectivity index (χ1n) is 6.66. The molecule has 2 aromatic heterocycles. The second-order valence-corrected chi connectivity index (χ2v) is 5.10. The molecule has 5 heteroatoms. The maximum absolute atomic E-state index is 4.44. The van der Waals surface area contributed by atoms with Crippen LogP contribution in [-0.4, -0.2) is 40.4 Å². The van der Waals surface area contributed by atoms with E-state index in [0.29, 0.717) is 6.04 Å². The van der Waals surface area contributed by atoms with Crippen LogP contribution in [0.25, 0.3) is 11.3 Å². The van der Waals surface area contributed by atoms with Crippen LogP contribution in [0.3, 0.4) is 0 Å². The summed E-state index contributed by atoms with van der Waals surface area (Å²) < 4.78 is 1.80. The van der Waals surface area contributed by atoms with Gasteiger partial charge in [-0.1, -0.05) is 0 Å². The maximum atomic E-state index is 4.44. The lowest BCUT2D eigenvalue weighted by Gasteiger charge is -2.33. The molecule has 0 aliphatic carbocycles. The van der Waals surface area contributed by atoms with Gasteiger partial charge in [0.05, 0.1) is 11.9 Å². The van der Waals surface area contributed by atoms with Gasteiger partial charge < -0.3 is 10.2 Å². The summed E-state index contributed by atoms with van der Waals surface area (Å²) in [4.78, 5) is 6.85. The van der Waals surface area contributed by atoms with Gasteiger partial charge in [-0.2, -0.15) is 5.10 Å². The van der Waals surface area contributed by atoms with E-state index in [2.05, 4.69) is 39.4 Å². The number of nitrogens with zero attached hydrogens (tertiary/aromatic N) is 4. The lowest BCUT2D eigenvalue weighted by atomic mass is 10.1. The highest BCUT2D eigenvalue weighted by Gasteiger charge is 2.16. The molecule has 3 heterocycles. The number of nitrogens with one attached hydrogen (secondary N) is 1. The molecule has 1 aliphatic rings. The molecule has 0 unspecified atom stereocenters. The van der Waals surface area contributed by atoms with Crippen molar-refractivity contribution in [3.05, 3.63) is 30.7 Å². The van der Waals surface area contributed by atoms with Crippen LogP contribution in [0.1, 0.15) is 6.92 Å². The van der Waals surface area contributed by atoms with E-state index in [0.717, 1.165) is 30.9 Å². The molecule has 0 saturated carbocycles. The SMILES string of the molecule is C[C@H]1CN(c2ccnc(-c3cnn(C)c3)c2)CCN1. The summed E-state index contributed by atoms with van der Waals surface area (Å²) in [7, 11) is 1.92. The Morgan fingerprint density at radius 3 is 3.05 bits per heavy atom. The molecule has 3 rings (SSSR count). The highest BCUT2D eigenvalue weighted by molar-refractivity contribution is 5.63. The van der Waals surface area contributed by atoms with Crippen LogP contribution in [-0.2, 0) is 7.05 Å². The Hall–Kier alpha value is -1.88. The highest BCUT2D eigenvalue weighted by Crippen LogP contribution is 2.22. The fourth-order valence-electron chi connectivity index (χ4n) is 2.49. The lowest BCUT2D eigenvalue weighted by Crippen LogP contribution is -2.49. The molecular weight excluding hydrogens is 238 g/mol. The molecule has 5 nitrogen and oxygen atoms in total. The fraction of sp³-hybridized carbons (Fsp3) is 0.429. The Morgan fingerprint density at radius 2 is 2.32 bits per heavy atom. The fourth-order valence-corrected chi connectivity index (χ4v) is 2.49. The molecule has 0 aromatic carbocycles. The predicted molar refractivity (Wildman–Crippen MR) is 76.1 cm³/mol. The Labute approximate surface area is 113 Å². The molecule has 1 N–H and O–H groups in total. The lowest BCUT2D eigenvalue weighted by molar-refractivity contribution is 0.485. The number of aromatic nitrogens is 3. The number of aryl methyl sites for hydroxylation is 1. The van der Waals surface area contributed by atoms with E-state index in [1.165, 1.54) is 5.69 Å². The summed E-state index contributed by atoms with van der Waals surface area (Å²) in [5.41, 5.74) is 3.28. The Kier molecular flexibility index (Phi) is 3.21. The van der Waals surface area contributed by atoms with Gasteiger partial charge in [0.15, 0.2) is 0 Å². The van der Waals surface area contributed by atoms with E-state index in [1.807, 2.05) is 25.6 Å². The standard InChI is InChI=1S/C14H19N5/c1-11-9-19(6-5-15-11)13-3-4-16-14(7-13)12-8-17-18(2)10-12/h3-4,7-8,10-11,15H,5-6,9H2,1-2H3/t11-/m0/s1. The summed E-state index contributed by atoms with van der Waals surface area (Å²) in [6.45, 7) is 5.33. The number of rotatable bonds is 2. The summed E-state index contributed by atoms with van der Waals surface area (Å²) >= 11 is 0. The van der Waals surface area contributed by atoms with Crippen molar-refractivity contribution in [2.24, 2.45) is 7.05 Å². The van der Waals surface area contributed by atoms with Crippen molar-refractivity contribution in [2.75, 3.05) is 24.5 Å². The molecule has 1 aliphatic heterocycles. The zero-order valence-electron chi connectivity index (χ0n) is 11.4. The van der Waals surface area contributed by atoms with Gasteiger partial charge in [0.25, 0.3) is 0 Å². The van der Waals surface area contributed by atoms with Gasteiger partial charge in [-0.15, -0.1) is 0 Å². The summed E-state index contributed by atoms with van der Waals surface area (Å²) in [6, 6.07) is 4.76. The third-order valence-corrected chi connectivity index (χ3v) is 3.48. The van der Waals surface area contributed by atoms with Gasteiger partial charge in [-0.05, 0) is 19.1 Å². The molecule has 100 valence electrons. The molecule has 0 amide bonds. The van der Waals surface area contributed by atoms with Crippen molar-refractivity contribution in [1.29, 1.82) is 0 Å². The number of pyridine rings is 1. The van der Waals surface area contributed by atoms with Crippen LogP contribution in [0, 0.1) is 0 Å². The molecule has 1 atom stereocenters. The van der Waals surface area contributed by atoms with Crippen molar-refractivity contribution in [3.8, 4) is 11.3 Å². The molecule has 19 heavy (non-hydrogen) atoms. The van der Waals surface area contributed by atoms with E-state index < -0.39 is 0 Å². The second-order valence-electron chi connectivity index (χ2n) is 5.10.